The summed E-state index contributed by atoms with van der Waals surface area (Å²) < 4.78 is 79.3. The molecule has 2 saturated heterocycles. The van der Waals surface area contributed by atoms with Gasteiger partial charge in [-0.15, -0.1) is 0 Å². The van der Waals surface area contributed by atoms with Crippen molar-refractivity contribution in [3.63, 3.8) is 0 Å². The Labute approximate surface area is 194 Å². The minimum atomic E-state index is -4.48. The first-order valence-electron chi connectivity index (χ1n) is 10.4. The monoisotopic (exact) mass is 508 g/mol. The molecule has 1 aromatic heterocycles. The molecular weight excluding hydrogens is 485 g/mol. The number of ether oxygens (including phenoxy) is 2. The van der Waals surface area contributed by atoms with Crippen LogP contribution in [0.5, 0.6) is 0 Å². The Morgan fingerprint density at radius 1 is 1.24 bits per heavy atom. The molecule has 4 rings (SSSR count). The maximum absolute atomic E-state index is 13.1. The lowest BCUT2D eigenvalue weighted by molar-refractivity contribution is -0.205. The molecular formula is C20H24ClF3N4O4S. The predicted molar refractivity (Wildman–Crippen MR) is 113 cm³/mol. The first-order chi connectivity index (χ1) is 15.6. The zero-order chi connectivity index (χ0) is 23.8. The van der Waals surface area contributed by atoms with Gasteiger partial charge in [0.1, 0.15) is 0 Å². The van der Waals surface area contributed by atoms with Crippen LogP contribution in [0.25, 0.3) is 0 Å². The van der Waals surface area contributed by atoms with E-state index in [1.807, 2.05) is 0 Å². The summed E-state index contributed by atoms with van der Waals surface area (Å²) in [6, 6.07) is 2.80. The van der Waals surface area contributed by atoms with Gasteiger partial charge in [-0.2, -0.15) is 17.5 Å². The third-order valence-electron chi connectivity index (χ3n) is 5.75. The molecule has 0 saturated carbocycles. The molecule has 0 bridgehead atoms. The number of aromatic nitrogens is 2. The zero-order valence-electron chi connectivity index (χ0n) is 17.8. The number of rotatable bonds is 6. The van der Waals surface area contributed by atoms with E-state index in [1.165, 1.54) is 22.9 Å². The zero-order valence-corrected chi connectivity index (χ0v) is 19.3. The molecule has 8 nitrogen and oxygen atoms in total. The van der Waals surface area contributed by atoms with E-state index < -0.39 is 28.1 Å². The summed E-state index contributed by atoms with van der Waals surface area (Å²) in [4.78, 5) is 3.97. The smallest absolute Gasteiger partial charge is 0.352 e. The van der Waals surface area contributed by atoms with Crippen LogP contribution in [-0.4, -0.2) is 60.9 Å². The van der Waals surface area contributed by atoms with Crippen molar-refractivity contribution in [2.45, 2.75) is 36.5 Å². The lowest BCUT2D eigenvalue weighted by atomic mass is 10.0. The SMILES string of the molecule is Cn1cnc(S(=O)(=O)N2C[C@H](NCc3ccc(C(F)(F)F)cc3Cl)[C@@H](C3OCCCO3)C2)c1. The lowest BCUT2D eigenvalue weighted by Gasteiger charge is -2.31. The second-order valence-corrected chi connectivity index (χ2v) is 10.4. The normalized spacial score (nSPS) is 23.3. The van der Waals surface area contributed by atoms with Crippen molar-refractivity contribution in [1.29, 1.82) is 0 Å². The fraction of sp³-hybridized carbons (Fsp3) is 0.550. The van der Waals surface area contributed by atoms with Crippen molar-refractivity contribution < 1.29 is 31.1 Å². The molecule has 0 unspecified atom stereocenters. The maximum Gasteiger partial charge on any atom is 0.416 e. The molecule has 2 aliphatic rings. The van der Waals surface area contributed by atoms with Gasteiger partial charge in [-0.1, -0.05) is 17.7 Å². The Morgan fingerprint density at radius 3 is 2.58 bits per heavy atom. The Kier molecular flexibility index (Phi) is 7.04. The molecule has 0 spiro atoms. The van der Waals surface area contributed by atoms with Crippen LogP contribution in [0.15, 0.2) is 35.7 Å². The van der Waals surface area contributed by atoms with Crippen molar-refractivity contribution >= 4 is 21.6 Å². The number of nitrogens with zero attached hydrogens (tertiary/aromatic N) is 3. The molecule has 0 radical (unpaired) electrons. The number of nitrogens with one attached hydrogen (secondary N) is 1. The van der Waals surface area contributed by atoms with Crippen LogP contribution < -0.4 is 5.32 Å². The van der Waals surface area contributed by atoms with Crippen LogP contribution >= 0.6 is 11.6 Å². The fourth-order valence-corrected chi connectivity index (χ4v) is 5.71. The van der Waals surface area contributed by atoms with Crippen molar-refractivity contribution in [2.75, 3.05) is 26.3 Å². The lowest BCUT2D eigenvalue weighted by Crippen LogP contribution is -2.44. The topological polar surface area (TPSA) is 85.7 Å². The summed E-state index contributed by atoms with van der Waals surface area (Å²) in [7, 11) is -2.16. The summed E-state index contributed by atoms with van der Waals surface area (Å²) in [5.41, 5.74) is -0.355. The van der Waals surface area contributed by atoms with Crippen molar-refractivity contribution in [3.8, 4) is 0 Å². The summed E-state index contributed by atoms with van der Waals surface area (Å²) >= 11 is 6.08. The van der Waals surface area contributed by atoms with Gasteiger partial charge in [0.2, 0.25) is 0 Å². The van der Waals surface area contributed by atoms with Gasteiger partial charge in [0.25, 0.3) is 10.0 Å². The number of hydrogen-bond acceptors (Lipinski definition) is 6. The van der Waals surface area contributed by atoms with Crippen molar-refractivity contribution in [2.24, 2.45) is 13.0 Å². The minimum absolute atomic E-state index is 0.0185. The Bertz CT molecular complexity index is 1090. The second-order valence-electron chi connectivity index (χ2n) is 8.12. The van der Waals surface area contributed by atoms with E-state index in [0.29, 0.717) is 18.8 Å². The van der Waals surface area contributed by atoms with Crippen LogP contribution in [-0.2, 0) is 39.3 Å². The summed E-state index contributed by atoms with van der Waals surface area (Å²) in [6.07, 6.45) is -1.49. The third kappa shape index (κ3) is 5.36. The Balaban J connectivity index is 1.52. The summed E-state index contributed by atoms with van der Waals surface area (Å²) in [5.74, 6) is -0.322. The van der Waals surface area contributed by atoms with Crippen LogP contribution in [0.3, 0.4) is 0 Å². The fourth-order valence-electron chi connectivity index (χ4n) is 4.00. The minimum Gasteiger partial charge on any atom is -0.352 e. The summed E-state index contributed by atoms with van der Waals surface area (Å²) in [5, 5.41) is 3.17. The molecule has 33 heavy (non-hydrogen) atoms. The standard InChI is InChI=1S/C20H24ClF3N4O4S/c1-27-11-18(26-12-27)33(29,30)28-9-15(19-31-5-2-6-32-19)17(10-28)25-8-13-3-4-14(7-16(13)21)20(22,23)24/h3-4,7,11-12,15,17,19,25H,2,5-6,8-10H2,1H3/t15-,17-/m0/s1. The molecule has 182 valence electrons. The summed E-state index contributed by atoms with van der Waals surface area (Å²) in [6.45, 7) is 1.45. The molecule has 0 aliphatic carbocycles. The molecule has 2 atom stereocenters. The highest BCUT2D eigenvalue weighted by molar-refractivity contribution is 7.89. The van der Waals surface area contributed by atoms with Gasteiger partial charge in [-0.25, -0.2) is 13.4 Å². The largest absolute Gasteiger partial charge is 0.416 e. The number of benzene rings is 1. The second kappa shape index (κ2) is 9.51. The molecule has 0 amide bonds. The van der Waals surface area contributed by atoms with E-state index in [1.54, 1.807) is 11.6 Å². The number of alkyl halides is 3. The van der Waals surface area contributed by atoms with Gasteiger partial charge in [0.05, 0.1) is 25.1 Å². The highest BCUT2D eigenvalue weighted by Crippen LogP contribution is 2.33. The number of hydrogen-bond donors (Lipinski definition) is 1. The molecule has 13 heteroatoms. The van der Waals surface area contributed by atoms with Crippen LogP contribution in [0.2, 0.25) is 5.02 Å². The van der Waals surface area contributed by atoms with E-state index in [4.69, 9.17) is 21.1 Å². The van der Waals surface area contributed by atoms with Crippen molar-refractivity contribution in [1.82, 2.24) is 19.2 Å². The van der Waals surface area contributed by atoms with Gasteiger partial charge in [0, 0.05) is 49.9 Å². The Morgan fingerprint density at radius 2 is 1.97 bits per heavy atom. The van der Waals surface area contributed by atoms with Gasteiger partial charge in [-0.3, -0.25) is 0 Å². The van der Waals surface area contributed by atoms with Crippen LogP contribution in [0.4, 0.5) is 13.2 Å². The molecule has 1 aromatic carbocycles. The molecule has 2 aromatic rings. The average molecular weight is 509 g/mol. The first-order valence-corrected chi connectivity index (χ1v) is 12.2. The third-order valence-corrected chi connectivity index (χ3v) is 7.82. The van der Waals surface area contributed by atoms with E-state index in [-0.39, 0.29) is 41.6 Å². The first kappa shape index (κ1) is 24.4. The average Bonchev–Trinajstić information content (AvgIpc) is 3.40. The highest BCUT2D eigenvalue weighted by atomic mass is 35.5. The van der Waals surface area contributed by atoms with Crippen LogP contribution in [0.1, 0.15) is 17.5 Å². The number of halogens is 4. The van der Waals surface area contributed by atoms with Crippen molar-refractivity contribution in [3.05, 3.63) is 46.9 Å². The van der Waals surface area contributed by atoms with Gasteiger partial charge < -0.3 is 19.4 Å². The Hall–Kier alpha value is -1.70. The van der Waals surface area contributed by atoms with E-state index in [0.717, 1.165) is 18.6 Å². The maximum atomic E-state index is 13.1. The molecule has 2 fully saturated rings. The molecule has 1 N–H and O–H groups in total. The predicted octanol–water partition coefficient (Wildman–Crippen LogP) is 2.63. The van der Waals surface area contributed by atoms with Gasteiger partial charge >= 0.3 is 6.18 Å². The van der Waals surface area contributed by atoms with E-state index >= 15 is 0 Å². The quantitative estimate of drug-likeness (QED) is 0.645. The van der Waals surface area contributed by atoms with Crippen LogP contribution in [0, 0.1) is 5.92 Å². The van der Waals surface area contributed by atoms with E-state index in [2.05, 4.69) is 10.3 Å². The van der Waals surface area contributed by atoms with Gasteiger partial charge in [-0.05, 0) is 24.1 Å². The number of aryl methyl sites for hydroxylation is 1. The highest BCUT2D eigenvalue weighted by Gasteiger charge is 2.45. The molecule has 2 aliphatic heterocycles. The van der Waals surface area contributed by atoms with Gasteiger partial charge in [0.15, 0.2) is 11.3 Å². The number of sulfonamides is 1. The number of imidazole rings is 1. The van der Waals surface area contributed by atoms with E-state index in [9.17, 15) is 21.6 Å². The molecule has 3 heterocycles.